The molecule has 1 N–H and O–H groups in total. The number of morpholine rings is 1. The molecule has 44 heavy (non-hydrogen) atoms. The molecular formula is C34H37N3O7. The van der Waals surface area contributed by atoms with Crippen molar-refractivity contribution in [3.63, 3.8) is 0 Å². The van der Waals surface area contributed by atoms with Gasteiger partial charge in [0.25, 0.3) is 11.6 Å². The van der Waals surface area contributed by atoms with E-state index in [1.807, 2.05) is 18.2 Å². The Balaban J connectivity index is 1.18. The summed E-state index contributed by atoms with van der Waals surface area (Å²) in [5.74, 6) is -0.683. The van der Waals surface area contributed by atoms with E-state index >= 15 is 0 Å². The molecule has 3 aromatic carbocycles. The van der Waals surface area contributed by atoms with E-state index in [9.17, 15) is 24.5 Å². The molecule has 10 nitrogen and oxygen atoms in total. The fraction of sp³-hybridized carbons (Fsp3) is 0.382. The van der Waals surface area contributed by atoms with Crippen LogP contribution in [0, 0.1) is 10.1 Å². The maximum atomic E-state index is 12.8. The topological polar surface area (TPSA) is 128 Å². The molecule has 1 heterocycles. The first-order valence-electron chi connectivity index (χ1n) is 15.1. The summed E-state index contributed by atoms with van der Waals surface area (Å²) < 4.78 is 5.80. The summed E-state index contributed by atoms with van der Waals surface area (Å²) in [7, 11) is 0. The van der Waals surface area contributed by atoms with Gasteiger partial charge >= 0.3 is 5.97 Å². The summed E-state index contributed by atoms with van der Waals surface area (Å²) in [6.45, 7) is 4.62. The van der Waals surface area contributed by atoms with E-state index in [2.05, 4.69) is 43.4 Å². The number of amides is 2. The van der Waals surface area contributed by atoms with Crippen molar-refractivity contribution in [3.05, 3.63) is 110 Å². The number of nitro benzene ring substituents is 1. The summed E-state index contributed by atoms with van der Waals surface area (Å²) in [5.41, 5.74) is 5.44. The largest absolute Gasteiger partial charge is 0.365 e. The zero-order valence-corrected chi connectivity index (χ0v) is 25.0. The summed E-state index contributed by atoms with van der Waals surface area (Å²) in [4.78, 5) is 54.7. The van der Waals surface area contributed by atoms with Crippen LogP contribution in [0.25, 0.3) is 0 Å². The smallest absolute Gasteiger partial charge is 0.332 e. The number of benzene rings is 3. The molecule has 0 spiro atoms. The minimum Gasteiger partial charge on any atom is -0.365 e. The number of nitro groups is 1. The first-order valence-corrected chi connectivity index (χ1v) is 15.1. The quantitative estimate of drug-likeness (QED) is 0.222. The number of fused-ring (bicyclic) bond motifs is 3. The number of hydrogen-bond donors (Lipinski definition) is 1. The van der Waals surface area contributed by atoms with E-state index in [1.165, 1.54) is 11.6 Å². The lowest BCUT2D eigenvalue weighted by atomic mass is 9.97. The average Bonchev–Trinajstić information content (AvgIpc) is 3.41. The Bertz CT molecular complexity index is 1540. The Morgan fingerprint density at radius 1 is 1.07 bits per heavy atom. The predicted molar refractivity (Wildman–Crippen MR) is 162 cm³/mol. The van der Waals surface area contributed by atoms with Gasteiger partial charge in [-0.15, -0.1) is 0 Å². The Morgan fingerprint density at radius 3 is 2.57 bits per heavy atom. The molecule has 3 atom stereocenters. The predicted octanol–water partition coefficient (Wildman–Crippen LogP) is 5.27. The Kier molecular flexibility index (Phi) is 9.69. The van der Waals surface area contributed by atoms with Crippen molar-refractivity contribution >= 4 is 23.5 Å². The van der Waals surface area contributed by atoms with E-state index in [-0.39, 0.29) is 37.1 Å². The first kappa shape index (κ1) is 30.9. The van der Waals surface area contributed by atoms with E-state index in [0.717, 1.165) is 33.7 Å². The van der Waals surface area contributed by atoms with Gasteiger partial charge < -0.3 is 14.9 Å². The molecule has 1 saturated heterocycles. The van der Waals surface area contributed by atoms with Crippen molar-refractivity contribution < 1.29 is 28.9 Å². The Morgan fingerprint density at radius 2 is 1.82 bits per heavy atom. The van der Waals surface area contributed by atoms with Crippen LogP contribution in [0.2, 0.25) is 0 Å². The first-order chi connectivity index (χ1) is 21.2. The second kappa shape index (κ2) is 13.8. The minimum absolute atomic E-state index is 0.0558. The second-order valence-electron chi connectivity index (χ2n) is 11.4. The number of hydroxylamine groups is 2. The van der Waals surface area contributed by atoms with Gasteiger partial charge in [-0.05, 0) is 53.0 Å². The summed E-state index contributed by atoms with van der Waals surface area (Å²) >= 11 is 0. The van der Waals surface area contributed by atoms with Gasteiger partial charge in [-0.1, -0.05) is 74.5 Å². The SMILES string of the molecule is CC[C@@H](C)c1ccc(CNC(=O)CCc2ccc3c(c2)C2C(C3)OCC(=O)N2OC(=O)CCc2ccccc2[N+](=O)[O-])cc1. The van der Waals surface area contributed by atoms with Crippen LogP contribution in [0.15, 0.2) is 66.7 Å². The molecule has 0 aromatic heterocycles. The zero-order valence-electron chi connectivity index (χ0n) is 25.0. The van der Waals surface area contributed by atoms with E-state index in [4.69, 9.17) is 9.57 Å². The van der Waals surface area contributed by atoms with Gasteiger partial charge in [-0.3, -0.25) is 19.7 Å². The van der Waals surface area contributed by atoms with Crippen LogP contribution in [-0.4, -0.2) is 40.5 Å². The third kappa shape index (κ3) is 7.14. The monoisotopic (exact) mass is 599 g/mol. The molecule has 0 bridgehead atoms. The third-order valence-corrected chi connectivity index (χ3v) is 8.50. The van der Waals surface area contributed by atoms with Crippen LogP contribution >= 0.6 is 0 Å². The summed E-state index contributed by atoms with van der Waals surface area (Å²) in [5, 5.41) is 15.4. The van der Waals surface area contributed by atoms with Gasteiger partial charge in [0, 0.05) is 31.0 Å². The number of rotatable bonds is 12. The normalized spacial score (nSPS) is 17.9. The maximum absolute atomic E-state index is 12.8. The number of carbonyl (C=O) groups excluding carboxylic acids is 3. The van der Waals surface area contributed by atoms with E-state index < -0.39 is 22.8 Å². The highest BCUT2D eigenvalue weighted by Crippen LogP contribution is 2.41. The molecule has 2 unspecified atom stereocenters. The molecule has 230 valence electrons. The van der Waals surface area contributed by atoms with Crippen molar-refractivity contribution in [2.24, 2.45) is 0 Å². The highest BCUT2D eigenvalue weighted by molar-refractivity contribution is 5.81. The average molecular weight is 600 g/mol. The third-order valence-electron chi connectivity index (χ3n) is 8.50. The Labute approximate surface area is 256 Å². The lowest BCUT2D eigenvalue weighted by Gasteiger charge is -2.35. The van der Waals surface area contributed by atoms with Crippen LogP contribution in [0.1, 0.15) is 78.5 Å². The molecule has 2 amide bonds. The van der Waals surface area contributed by atoms with Gasteiger partial charge in [-0.25, -0.2) is 4.79 Å². The molecule has 0 radical (unpaired) electrons. The van der Waals surface area contributed by atoms with Gasteiger partial charge in [-0.2, -0.15) is 5.06 Å². The summed E-state index contributed by atoms with van der Waals surface area (Å²) in [6.07, 6.45) is 2.07. The number of ether oxygens (including phenoxy) is 1. The Hall–Kier alpha value is -4.57. The highest BCUT2D eigenvalue weighted by atomic mass is 16.7. The highest BCUT2D eigenvalue weighted by Gasteiger charge is 2.45. The lowest BCUT2D eigenvalue weighted by Crippen LogP contribution is -2.48. The molecule has 10 heteroatoms. The van der Waals surface area contributed by atoms with Crippen molar-refractivity contribution in [2.45, 2.75) is 77.0 Å². The molecule has 1 aliphatic heterocycles. The van der Waals surface area contributed by atoms with Crippen molar-refractivity contribution in [2.75, 3.05) is 6.61 Å². The standard InChI is InChI=1S/C34H37N3O7/c1-3-22(2)25-12-9-24(10-13-25)20-35-31(38)16-11-23-8-14-27-19-30-34(28(27)18-23)36(32(39)21-43-30)44-33(40)17-15-26-6-4-5-7-29(26)37(41)42/h4-10,12-14,18,22,30,34H,3,11,15-17,19-21H2,1-2H3,(H,35,38)/t22-,30?,34?/m1/s1. The van der Waals surface area contributed by atoms with Crippen molar-refractivity contribution in [1.82, 2.24) is 10.4 Å². The molecule has 0 saturated carbocycles. The number of aryl methyl sites for hydroxylation is 2. The molecular weight excluding hydrogens is 562 g/mol. The fourth-order valence-electron chi connectivity index (χ4n) is 5.76. The fourth-order valence-corrected chi connectivity index (χ4v) is 5.76. The molecule has 5 rings (SSSR count). The number of hydrogen-bond acceptors (Lipinski definition) is 7. The van der Waals surface area contributed by atoms with Gasteiger partial charge in [0.05, 0.1) is 17.4 Å². The van der Waals surface area contributed by atoms with Crippen LogP contribution in [0.3, 0.4) is 0 Å². The molecule has 1 fully saturated rings. The van der Waals surface area contributed by atoms with E-state index in [0.29, 0.717) is 37.3 Å². The number of para-hydroxylation sites is 1. The van der Waals surface area contributed by atoms with Crippen LogP contribution in [-0.2, 0) is 49.8 Å². The zero-order chi connectivity index (χ0) is 31.2. The number of carbonyl (C=O) groups is 3. The van der Waals surface area contributed by atoms with Crippen molar-refractivity contribution in [1.29, 1.82) is 0 Å². The van der Waals surface area contributed by atoms with Crippen LogP contribution < -0.4 is 5.32 Å². The number of nitrogens with zero attached hydrogens (tertiary/aromatic N) is 2. The molecule has 1 aliphatic carbocycles. The van der Waals surface area contributed by atoms with Gasteiger partial charge in [0.1, 0.15) is 12.6 Å². The maximum Gasteiger partial charge on any atom is 0.332 e. The molecule has 3 aromatic rings. The summed E-state index contributed by atoms with van der Waals surface area (Å²) in [6, 6.07) is 19.9. The van der Waals surface area contributed by atoms with Crippen molar-refractivity contribution in [3.8, 4) is 0 Å². The molecule has 2 aliphatic rings. The van der Waals surface area contributed by atoms with Gasteiger partial charge in [0.15, 0.2) is 0 Å². The van der Waals surface area contributed by atoms with Crippen LogP contribution in [0.4, 0.5) is 5.69 Å². The lowest BCUT2D eigenvalue weighted by molar-refractivity contribution is -0.385. The van der Waals surface area contributed by atoms with Crippen LogP contribution in [0.5, 0.6) is 0 Å². The second-order valence-corrected chi connectivity index (χ2v) is 11.4. The van der Waals surface area contributed by atoms with Gasteiger partial charge in [0.2, 0.25) is 5.91 Å². The van der Waals surface area contributed by atoms with E-state index in [1.54, 1.807) is 18.2 Å². The minimum atomic E-state index is -0.659. The number of nitrogens with one attached hydrogen (secondary N) is 1.